The number of carbonyl (C=O) groups excluding carboxylic acids is 1. The van der Waals surface area contributed by atoms with Gasteiger partial charge in [-0.05, 0) is 38.5 Å². The van der Waals surface area contributed by atoms with Crippen LogP contribution in [-0.4, -0.2) is 27.4 Å². The number of halogens is 3. The van der Waals surface area contributed by atoms with Gasteiger partial charge in [-0.25, -0.2) is 0 Å². The van der Waals surface area contributed by atoms with E-state index in [0.29, 0.717) is 6.42 Å². The summed E-state index contributed by atoms with van der Waals surface area (Å²) in [6.45, 7) is 4.48. The number of carbonyl (C=O) groups is 2. The zero-order valence-corrected chi connectivity index (χ0v) is 24.1. The number of hydrogen-bond acceptors (Lipinski definition) is 3. The van der Waals surface area contributed by atoms with Crippen molar-refractivity contribution in [2.75, 3.05) is 0 Å². The van der Waals surface area contributed by atoms with Gasteiger partial charge in [-0.15, -0.1) is 0 Å². The first kappa shape index (κ1) is 36.0. The molecule has 204 valence electrons. The lowest BCUT2D eigenvalue weighted by Gasteiger charge is -2.18. The van der Waals surface area contributed by atoms with Gasteiger partial charge >= 0.3 is 11.9 Å². The van der Waals surface area contributed by atoms with Gasteiger partial charge in [0.25, 0.3) is 0 Å². The van der Waals surface area contributed by atoms with E-state index in [2.05, 4.69) is 13.8 Å². The molecule has 0 heterocycles. The number of hydrogen-bond donors (Lipinski definition) is 1. The molecule has 1 N–H and O–H groups in total. The first-order chi connectivity index (χ1) is 16.3. The minimum Gasteiger partial charge on any atom is -0.481 e. The second kappa shape index (κ2) is 29.0. The van der Waals surface area contributed by atoms with Crippen LogP contribution in [0.5, 0.6) is 0 Å². The van der Waals surface area contributed by atoms with Crippen LogP contribution in [0.4, 0.5) is 0 Å². The Kier molecular flexibility index (Phi) is 30.7. The van der Waals surface area contributed by atoms with Crippen molar-refractivity contribution in [3.63, 3.8) is 0 Å². The molecule has 7 heteroatoms. The fourth-order valence-electron chi connectivity index (χ4n) is 3.89. The van der Waals surface area contributed by atoms with Crippen molar-refractivity contribution in [1.29, 1.82) is 0 Å². The van der Waals surface area contributed by atoms with Gasteiger partial charge in [-0.2, -0.15) is 0 Å². The summed E-state index contributed by atoms with van der Waals surface area (Å²) in [5.74, 6) is -0.761. The Bertz CT molecular complexity index is 429. The Balaban J connectivity index is 0. The normalized spacial score (nSPS) is 10.9. The number of aliphatic carboxylic acids is 1. The third-order valence-corrected chi connectivity index (χ3v) is 5.83. The van der Waals surface area contributed by atoms with E-state index in [1.165, 1.54) is 77.0 Å². The summed E-state index contributed by atoms with van der Waals surface area (Å²) in [7, 11) is 0. The number of unbranched alkanes of at least 4 members (excludes halogenated alkanes) is 14. The Hall–Kier alpha value is -0.190. The molecule has 0 aromatic heterocycles. The molecule has 34 heavy (non-hydrogen) atoms. The highest BCUT2D eigenvalue weighted by atomic mass is 35.6. The maximum Gasteiger partial charge on any atom is 0.306 e. The maximum atomic E-state index is 12.3. The van der Waals surface area contributed by atoms with Crippen LogP contribution in [0.1, 0.15) is 149 Å². The number of carboxylic acid groups (broad SMARTS) is 1. The van der Waals surface area contributed by atoms with Crippen LogP contribution in [0.25, 0.3) is 0 Å². The molecule has 0 radical (unpaired) electrons. The highest BCUT2D eigenvalue weighted by Crippen LogP contribution is 2.18. The molecule has 0 saturated carbocycles. The molecule has 4 nitrogen and oxygen atoms in total. The highest BCUT2D eigenvalue weighted by molar-refractivity contribution is 6.63. The molecular weight excluding hydrogens is 495 g/mol. The number of ether oxygens (including phenoxy) is 1. The van der Waals surface area contributed by atoms with Crippen molar-refractivity contribution in [2.24, 2.45) is 0 Å². The van der Waals surface area contributed by atoms with Crippen molar-refractivity contribution >= 4 is 46.7 Å². The predicted molar refractivity (Wildman–Crippen MR) is 147 cm³/mol. The van der Waals surface area contributed by atoms with Gasteiger partial charge in [-0.1, -0.05) is 132 Å². The van der Waals surface area contributed by atoms with Crippen molar-refractivity contribution < 1.29 is 19.4 Å². The molecular formula is C27H51Cl3O4. The maximum absolute atomic E-state index is 12.3. The fraction of sp³-hybridized carbons (Fsp3) is 0.926. The lowest BCUT2D eigenvalue weighted by molar-refractivity contribution is -0.150. The lowest BCUT2D eigenvalue weighted by Crippen LogP contribution is -2.18. The molecule has 0 spiro atoms. The number of rotatable bonds is 23. The summed E-state index contributed by atoms with van der Waals surface area (Å²) in [6, 6.07) is 0. The second-order valence-corrected chi connectivity index (χ2v) is 11.1. The molecule has 0 atom stereocenters. The summed E-state index contributed by atoms with van der Waals surface area (Å²) in [6.07, 6.45) is 22.7. The van der Waals surface area contributed by atoms with E-state index in [9.17, 15) is 9.59 Å². The first-order valence-electron chi connectivity index (χ1n) is 13.7. The van der Waals surface area contributed by atoms with Gasteiger partial charge in [0.1, 0.15) is 6.10 Å². The van der Waals surface area contributed by atoms with Crippen LogP contribution < -0.4 is 0 Å². The van der Waals surface area contributed by atoms with Crippen LogP contribution >= 0.6 is 34.8 Å². The van der Waals surface area contributed by atoms with E-state index in [0.717, 1.165) is 44.9 Å². The Morgan fingerprint density at radius 2 is 0.971 bits per heavy atom. The monoisotopic (exact) mass is 544 g/mol. The zero-order valence-electron chi connectivity index (χ0n) is 21.8. The largest absolute Gasteiger partial charge is 0.481 e. The molecule has 0 aromatic rings. The average Bonchev–Trinajstić information content (AvgIpc) is 2.77. The van der Waals surface area contributed by atoms with Crippen LogP contribution in [0.15, 0.2) is 0 Å². The van der Waals surface area contributed by atoms with Gasteiger partial charge in [0.05, 0.1) is 0 Å². The van der Waals surface area contributed by atoms with E-state index in [-0.39, 0.29) is 18.5 Å². The molecule has 0 rings (SSSR count). The molecule has 0 amide bonds. The van der Waals surface area contributed by atoms with Crippen molar-refractivity contribution in [1.82, 2.24) is 0 Å². The number of carboxylic acids is 1. The third kappa shape index (κ3) is 34.0. The van der Waals surface area contributed by atoms with Crippen molar-refractivity contribution in [2.45, 2.75) is 159 Å². The molecule has 0 aliphatic rings. The molecule has 0 aliphatic heterocycles. The summed E-state index contributed by atoms with van der Waals surface area (Å²) in [5.41, 5.74) is 0. The van der Waals surface area contributed by atoms with Gasteiger partial charge in [0.2, 0.25) is 0 Å². The van der Waals surface area contributed by atoms with Crippen LogP contribution in [0.2, 0.25) is 0 Å². The third-order valence-electron chi connectivity index (χ3n) is 5.83. The van der Waals surface area contributed by atoms with Gasteiger partial charge in [-0.3, -0.25) is 9.59 Å². The molecule has 0 aliphatic carbocycles. The molecule has 0 fully saturated rings. The van der Waals surface area contributed by atoms with Gasteiger partial charge in [0, 0.05) is 12.8 Å². The van der Waals surface area contributed by atoms with Gasteiger partial charge < -0.3 is 9.84 Å². The SMILES string of the molecule is CCCCCCCCC(CCCCCCCC)OC(=O)CCCCCCCC(=O)O.ClC(Cl)Cl. The average molecular weight is 546 g/mol. The first-order valence-corrected chi connectivity index (χ1v) is 15.0. The second-order valence-electron chi connectivity index (χ2n) is 9.13. The minimum atomic E-state index is -0.750. The lowest BCUT2D eigenvalue weighted by atomic mass is 10.0. The summed E-state index contributed by atoms with van der Waals surface area (Å²) >= 11 is 14.4. The van der Waals surface area contributed by atoms with E-state index < -0.39 is 10.3 Å². The Morgan fingerprint density at radius 3 is 1.38 bits per heavy atom. The molecule has 0 saturated heterocycles. The van der Waals surface area contributed by atoms with E-state index in [1.807, 2.05) is 0 Å². The van der Waals surface area contributed by atoms with E-state index in [4.69, 9.17) is 44.6 Å². The smallest absolute Gasteiger partial charge is 0.306 e. The Morgan fingerprint density at radius 1 is 0.618 bits per heavy atom. The Labute approximate surface area is 224 Å². The fourth-order valence-corrected chi connectivity index (χ4v) is 3.89. The summed E-state index contributed by atoms with van der Waals surface area (Å²) in [4.78, 5) is 22.8. The van der Waals surface area contributed by atoms with E-state index >= 15 is 0 Å². The molecule has 0 aromatic carbocycles. The number of esters is 1. The predicted octanol–water partition coefficient (Wildman–Crippen LogP) is 10.2. The van der Waals surface area contributed by atoms with Crippen LogP contribution in [-0.2, 0) is 14.3 Å². The van der Waals surface area contributed by atoms with Crippen LogP contribution in [0.3, 0.4) is 0 Å². The molecule has 0 unspecified atom stereocenters. The highest BCUT2D eigenvalue weighted by Gasteiger charge is 2.14. The van der Waals surface area contributed by atoms with Crippen molar-refractivity contribution in [3.05, 3.63) is 0 Å². The topological polar surface area (TPSA) is 63.6 Å². The zero-order chi connectivity index (χ0) is 25.9. The minimum absolute atomic E-state index is 0.0394. The van der Waals surface area contributed by atoms with Crippen LogP contribution in [0, 0.1) is 0 Å². The van der Waals surface area contributed by atoms with Crippen molar-refractivity contribution in [3.8, 4) is 0 Å². The van der Waals surface area contributed by atoms with E-state index in [1.54, 1.807) is 0 Å². The summed E-state index contributed by atoms with van der Waals surface area (Å²) < 4.78 is 5.10. The quantitative estimate of drug-likeness (QED) is 0.0787. The summed E-state index contributed by atoms with van der Waals surface area (Å²) in [5, 5.41) is 8.64. The molecule has 0 bridgehead atoms. The number of alkyl halides is 3. The standard InChI is InChI=1S/C26H50O4.CHCl3/c1-3-5-7-9-12-16-20-24(21-17-13-10-8-6-4-2)30-26(29)23-19-15-11-14-18-22-25(27)28;2-1(3)4/h24H,3-23H2,1-2H3,(H,27,28);1H. The van der Waals surface area contributed by atoms with Gasteiger partial charge in [0.15, 0.2) is 4.30 Å².